The van der Waals surface area contributed by atoms with Gasteiger partial charge in [0.05, 0.1) is 37.9 Å². The lowest BCUT2D eigenvalue weighted by Crippen LogP contribution is -2.36. The molecule has 2 amide bonds. The van der Waals surface area contributed by atoms with Gasteiger partial charge in [0.2, 0.25) is 5.91 Å². The summed E-state index contributed by atoms with van der Waals surface area (Å²) in [5.74, 6) is -0.640. The standard InChI is InChI=1S/C21H27FN5O4P/c1-16(28)24-13-18-14-27(21(29)31-18)17-2-3-20(19(22)12-17)26-7-10-32(30,11-8-26)9-6-25-5-4-23-15-25/h2-5,12,15,18H,6-11,13-14H2,1H3,(H,24,28)/t18-/m0/s1. The highest BCUT2D eigenvalue weighted by Crippen LogP contribution is 2.48. The van der Waals surface area contributed by atoms with E-state index in [1.54, 1.807) is 24.7 Å². The quantitative estimate of drug-likeness (QED) is 0.634. The molecule has 1 N–H and O–H groups in total. The topological polar surface area (TPSA) is 96.8 Å². The molecule has 2 aliphatic heterocycles. The molecule has 0 radical (unpaired) electrons. The Morgan fingerprint density at radius 2 is 2.12 bits per heavy atom. The molecule has 1 aromatic heterocycles. The van der Waals surface area contributed by atoms with Crippen LogP contribution in [0, 0.1) is 5.82 Å². The van der Waals surface area contributed by atoms with Crippen LogP contribution in [-0.2, 0) is 20.6 Å². The van der Waals surface area contributed by atoms with Crippen molar-refractivity contribution < 1.29 is 23.3 Å². The Bertz CT molecular complexity index is 1020. The van der Waals surface area contributed by atoms with Gasteiger partial charge in [-0.1, -0.05) is 0 Å². The number of carbonyl (C=O) groups is 2. The summed E-state index contributed by atoms with van der Waals surface area (Å²) >= 11 is 0. The van der Waals surface area contributed by atoms with Gasteiger partial charge in [-0.05, 0) is 18.2 Å². The minimum Gasteiger partial charge on any atom is -0.442 e. The Kier molecular flexibility index (Phi) is 6.50. The summed E-state index contributed by atoms with van der Waals surface area (Å²) in [5.41, 5.74) is 0.849. The Morgan fingerprint density at radius 3 is 2.78 bits per heavy atom. The Labute approximate surface area is 185 Å². The maximum Gasteiger partial charge on any atom is 0.414 e. The van der Waals surface area contributed by atoms with E-state index >= 15 is 0 Å². The normalized spacial score (nSPS) is 20.3. The second-order valence-corrected chi connectivity index (χ2v) is 11.7. The van der Waals surface area contributed by atoms with Gasteiger partial charge in [-0.2, -0.15) is 0 Å². The van der Waals surface area contributed by atoms with Crippen LogP contribution in [-0.4, -0.2) is 72.3 Å². The second-order valence-electron chi connectivity index (χ2n) is 8.21. The third-order valence-electron chi connectivity index (χ3n) is 5.92. The highest BCUT2D eigenvalue weighted by Gasteiger charge is 2.33. The van der Waals surface area contributed by atoms with Crippen LogP contribution < -0.4 is 15.1 Å². The van der Waals surface area contributed by atoms with E-state index in [4.69, 9.17) is 4.74 Å². The summed E-state index contributed by atoms with van der Waals surface area (Å²) in [4.78, 5) is 30.5. The molecule has 2 aromatic rings. The molecule has 32 heavy (non-hydrogen) atoms. The van der Waals surface area contributed by atoms with Crippen LogP contribution in [0.4, 0.5) is 20.6 Å². The molecule has 0 unspecified atom stereocenters. The molecule has 2 aliphatic rings. The number of benzene rings is 1. The van der Waals surface area contributed by atoms with Crippen molar-refractivity contribution in [1.29, 1.82) is 0 Å². The molecule has 0 bridgehead atoms. The van der Waals surface area contributed by atoms with Crippen LogP contribution in [0.3, 0.4) is 0 Å². The summed E-state index contributed by atoms with van der Waals surface area (Å²) < 4.78 is 35.2. The van der Waals surface area contributed by atoms with Crippen LogP contribution in [0.5, 0.6) is 0 Å². The second kappa shape index (κ2) is 9.32. The predicted molar refractivity (Wildman–Crippen MR) is 119 cm³/mol. The molecule has 3 heterocycles. The number of carbonyl (C=O) groups excluding carboxylic acids is 2. The number of halogens is 1. The molecule has 0 spiro atoms. The number of hydrogen-bond acceptors (Lipinski definition) is 6. The van der Waals surface area contributed by atoms with E-state index < -0.39 is 25.2 Å². The molecule has 1 atom stereocenters. The number of imidazole rings is 1. The molecule has 2 fully saturated rings. The molecule has 172 valence electrons. The molecular weight excluding hydrogens is 436 g/mol. The SMILES string of the molecule is CC(=O)NC[C@H]1CN(c2ccc(N3CCP(=O)(CCn4ccnc4)CC3)c(F)c2)C(=O)O1. The lowest BCUT2D eigenvalue weighted by Gasteiger charge is -2.34. The third kappa shape index (κ3) is 5.12. The molecule has 9 nitrogen and oxygen atoms in total. The van der Waals surface area contributed by atoms with Crippen LogP contribution in [0.15, 0.2) is 36.9 Å². The molecule has 1 aromatic carbocycles. The number of hydrogen-bond donors (Lipinski definition) is 1. The highest BCUT2D eigenvalue weighted by atomic mass is 31.2. The first-order valence-electron chi connectivity index (χ1n) is 10.6. The molecule has 2 saturated heterocycles. The summed E-state index contributed by atoms with van der Waals surface area (Å²) in [7, 11) is -2.30. The van der Waals surface area contributed by atoms with E-state index in [1.165, 1.54) is 17.9 Å². The van der Waals surface area contributed by atoms with Crippen LogP contribution in [0.25, 0.3) is 0 Å². The lowest BCUT2D eigenvalue weighted by molar-refractivity contribution is -0.119. The average Bonchev–Trinajstić information content (AvgIpc) is 3.41. The Morgan fingerprint density at radius 1 is 1.34 bits per heavy atom. The van der Waals surface area contributed by atoms with Gasteiger partial charge in [0.1, 0.15) is 11.9 Å². The van der Waals surface area contributed by atoms with E-state index in [1.807, 2.05) is 15.7 Å². The van der Waals surface area contributed by atoms with E-state index in [0.717, 1.165) is 0 Å². The fourth-order valence-electron chi connectivity index (χ4n) is 4.03. The smallest absolute Gasteiger partial charge is 0.414 e. The summed E-state index contributed by atoms with van der Waals surface area (Å²) in [6.45, 7) is 3.58. The number of rotatable bonds is 7. The molecule has 11 heteroatoms. The van der Waals surface area contributed by atoms with Crippen LogP contribution >= 0.6 is 7.14 Å². The van der Waals surface area contributed by atoms with Gasteiger partial charge in [0, 0.05) is 57.4 Å². The predicted octanol–water partition coefficient (Wildman–Crippen LogP) is 2.37. The van der Waals surface area contributed by atoms with Crippen molar-refractivity contribution in [3.8, 4) is 0 Å². The van der Waals surface area contributed by atoms with Gasteiger partial charge in [-0.25, -0.2) is 14.2 Å². The molecular formula is C21H27FN5O4P. The minimum absolute atomic E-state index is 0.206. The lowest BCUT2D eigenvalue weighted by atomic mass is 10.2. The first kappa shape index (κ1) is 22.3. The zero-order valence-corrected chi connectivity index (χ0v) is 18.8. The number of anilines is 2. The van der Waals surface area contributed by atoms with Gasteiger partial charge >= 0.3 is 6.09 Å². The minimum atomic E-state index is -2.30. The van der Waals surface area contributed by atoms with Crippen molar-refractivity contribution in [3.05, 3.63) is 42.7 Å². The van der Waals surface area contributed by atoms with Crippen molar-refractivity contribution in [2.45, 2.75) is 19.6 Å². The van der Waals surface area contributed by atoms with Gasteiger partial charge in [0.25, 0.3) is 0 Å². The van der Waals surface area contributed by atoms with Gasteiger partial charge < -0.3 is 24.1 Å². The van der Waals surface area contributed by atoms with Gasteiger partial charge in [-0.15, -0.1) is 0 Å². The number of nitrogens with zero attached hydrogens (tertiary/aromatic N) is 4. The maximum atomic E-state index is 14.9. The van der Waals surface area contributed by atoms with Gasteiger partial charge in [0.15, 0.2) is 0 Å². The number of aryl methyl sites for hydroxylation is 1. The van der Waals surface area contributed by atoms with Crippen molar-refractivity contribution in [1.82, 2.24) is 14.9 Å². The summed E-state index contributed by atoms with van der Waals surface area (Å²) in [6, 6.07) is 4.67. The van der Waals surface area contributed by atoms with Crippen molar-refractivity contribution in [3.63, 3.8) is 0 Å². The van der Waals surface area contributed by atoms with E-state index in [2.05, 4.69) is 10.3 Å². The van der Waals surface area contributed by atoms with E-state index in [9.17, 15) is 18.5 Å². The van der Waals surface area contributed by atoms with Crippen LogP contribution in [0.2, 0.25) is 0 Å². The number of ether oxygens (including phenoxy) is 1. The highest BCUT2D eigenvalue weighted by molar-refractivity contribution is 7.64. The fraction of sp³-hybridized carbons (Fsp3) is 0.476. The Hall–Kier alpha value is -2.87. The van der Waals surface area contributed by atoms with Crippen molar-refractivity contribution >= 4 is 30.5 Å². The third-order valence-corrected chi connectivity index (χ3v) is 8.96. The van der Waals surface area contributed by atoms with E-state index in [0.29, 0.717) is 49.5 Å². The number of aromatic nitrogens is 2. The zero-order valence-electron chi connectivity index (χ0n) is 17.9. The van der Waals surface area contributed by atoms with Crippen molar-refractivity contribution in [2.24, 2.45) is 0 Å². The number of nitrogens with one attached hydrogen (secondary N) is 1. The van der Waals surface area contributed by atoms with Crippen molar-refractivity contribution in [2.75, 3.05) is 54.5 Å². The largest absolute Gasteiger partial charge is 0.442 e. The van der Waals surface area contributed by atoms with E-state index in [-0.39, 0.29) is 19.0 Å². The first-order valence-corrected chi connectivity index (χ1v) is 12.9. The maximum absolute atomic E-state index is 14.9. The number of cyclic esters (lactones) is 1. The fourth-order valence-corrected chi connectivity index (χ4v) is 6.51. The monoisotopic (exact) mass is 463 g/mol. The average molecular weight is 463 g/mol. The zero-order chi connectivity index (χ0) is 22.7. The number of amides is 2. The van der Waals surface area contributed by atoms with Gasteiger partial charge in [-0.3, -0.25) is 9.69 Å². The first-order chi connectivity index (χ1) is 15.3. The molecule has 0 aliphatic carbocycles. The summed E-state index contributed by atoms with van der Waals surface area (Å²) in [6.07, 6.45) is 5.95. The van der Waals surface area contributed by atoms with Crippen LogP contribution in [0.1, 0.15) is 6.92 Å². The molecule has 0 saturated carbocycles. The Balaban J connectivity index is 1.35. The molecule has 4 rings (SSSR count). The summed E-state index contributed by atoms with van der Waals surface area (Å²) in [5, 5.41) is 2.62.